The molecule has 128 valence electrons. The second-order valence-electron chi connectivity index (χ2n) is 5.17. The van der Waals surface area contributed by atoms with Gasteiger partial charge in [0.05, 0.1) is 24.0 Å². The summed E-state index contributed by atoms with van der Waals surface area (Å²) in [6, 6.07) is 13.4. The van der Waals surface area contributed by atoms with Crippen molar-refractivity contribution in [3.05, 3.63) is 63.0 Å². The predicted molar refractivity (Wildman–Crippen MR) is 107 cm³/mol. The van der Waals surface area contributed by atoms with E-state index in [9.17, 15) is 0 Å². The van der Waals surface area contributed by atoms with Crippen molar-refractivity contribution >= 4 is 45.9 Å². The van der Waals surface area contributed by atoms with Gasteiger partial charge in [0.2, 0.25) is 5.13 Å². The molecule has 4 nitrogen and oxygen atoms in total. The summed E-state index contributed by atoms with van der Waals surface area (Å²) >= 11 is 13.7. The normalized spacial score (nSPS) is 11.0. The van der Waals surface area contributed by atoms with Gasteiger partial charge < -0.3 is 4.74 Å². The molecule has 7 heteroatoms. The van der Waals surface area contributed by atoms with E-state index in [1.807, 2.05) is 37.3 Å². The first-order valence-electron chi connectivity index (χ1n) is 7.43. The lowest BCUT2D eigenvalue weighted by Crippen LogP contribution is -1.95. The fourth-order valence-corrected chi connectivity index (χ4v) is 3.73. The van der Waals surface area contributed by atoms with E-state index in [4.69, 9.17) is 27.9 Å². The number of methoxy groups -OCH3 is 1. The van der Waals surface area contributed by atoms with Crippen molar-refractivity contribution in [3.63, 3.8) is 0 Å². The maximum absolute atomic E-state index is 6.12. The Labute approximate surface area is 160 Å². The molecule has 0 aliphatic carbocycles. The SMILES string of the molecule is COc1c(Cl)cc(Cl)cc1C=NNc1nc(-c2ccccc2)c(C)s1. The number of hydrazone groups is 1. The number of aryl methyl sites for hydroxylation is 1. The fraction of sp³-hybridized carbons (Fsp3) is 0.111. The van der Waals surface area contributed by atoms with E-state index in [0.717, 1.165) is 16.1 Å². The zero-order chi connectivity index (χ0) is 17.8. The lowest BCUT2D eigenvalue weighted by Gasteiger charge is -2.07. The van der Waals surface area contributed by atoms with E-state index >= 15 is 0 Å². The van der Waals surface area contributed by atoms with Gasteiger partial charge in [0.1, 0.15) is 5.75 Å². The minimum absolute atomic E-state index is 0.438. The summed E-state index contributed by atoms with van der Waals surface area (Å²) in [6.45, 7) is 2.04. The number of hydrogen-bond acceptors (Lipinski definition) is 5. The maximum atomic E-state index is 6.12. The Hall–Kier alpha value is -2.08. The van der Waals surface area contributed by atoms with Crippen LogP contribution in [0, 0.1) is 6.92 Å². The standard InChI is InChI=1S/C18H15Cl2N3OS/c1-11-16(12-6-4-3-5-7-12)22-18(25-11)23-21-10-13-8-14(19)9-15(20)17(13)24-2/h3-10H,1-2H3,(H,22,23). The van der Waals surface area contributed by atoms with Crippen LogP contribution >= 0.6 is 34.5 Å². The van der Waals surface area contributed by atoms with E-state index in [2.05, 4.69) is 15.5 Å². The number of nitrogens with zero attached hydrogens (tertiary/aromatic N) is 2. The van der Waals surface area contributed by atoms with Gasteiger partial charge in [-0.1, -0.05) is 53.5 Å². The highest BCUT2D eigenvalue weighted by Crippen LogP contribution is 2.32. The second-order valence-corrected chi connectivity index (χ2v) is 7.22. The molecular formula is C18H15Cl2N3OS. The molecule has 2 aromatic carbocycles. The molecule has 0 saturated heterocycles. The third kappa shape index (κ3) is 4.12. The van der Waals surface area contributed by atoms with Crippen LogP contribution < -0.4 is 10.2 Å². The van der Waals surface area contributed by atoms with Crippen LogP contribution in [0.5, 0.6) is 5.75 Å². The number of nitrogens with one attached hydrogen (secondary N) is 1. The van der Waals surface area contributed by atoms with E-state index in [-0.39, 0.29) is 0 Å². The smallest absolute Gasteiger partial charge is 0.204 e. The highest BCUT2D eigenvalue weighted by atomic mass is 35.5. The first-order valence-corrected chi connectivity index (χ1v) is 9.00. The summed E-state index contributed by atoms with van der Waals surface area (Å²) in [6.07, 6.45) is 1.61. The summed E-state index contributed by atoms with van der Waals surface area (Å²) in [5.41, 5.74) is 5.66. The minimum Gasteiger partial charge on any atom is -0.495 e. The van der Waals surface area contributed by atoms with Crippen molar-refractivity contribution in [1.82, 2.24) is 4.98 Å². The number of rotatable bonds is 5. The first-order chi connectivity index (χ1) is 12.1. The van der Waals surface area contributed by atoms with Crippen LogP contribution in [0.2, 0.25) is 10.0 Å². The Bertz CT molecular complexity index is 910. The Balaban J connectivity index is 1.80. The molecule has 25 heavy (non-hydrogen) atoms. The van der Waals surface area contributed by atoms with Crippen molar-refractivity contribution in [2.75, 3.05) is 12.5 Å². The minimum atomic E-state index is 0.438. The number of hydrogen-bond donors (Lipinski definition) is 1. The molecule has 0 unspecified atom stereocenters. The van der Waals surface area contributed by atoms with Gasteiger partial charge in [-0.2, -0.15) is 5.10 Å². The molecule has 0 aliphatic rings. The Morgan fingerprint density at radius 2 is 1.96 bits per heavy atom. The molecule has 0 amide bonds. The van der Waals surface area contributed by atoms with E-state index < -0.39 is 0 Å². The van der Waals surface area contributed by atoms with Gasteiger partial charge in [0, 0.05) is 21.0 Å². The van der Waals surface area contributed by atoms with Crippen molar-refractivity contribution in [2.45, 2.75) is 6.92 Å². The molecule has 1 heterocycles. The molecule has 0 fully saturated rings. The van der Waals surface area contributed by atoms with Gasteiger partial charge in [-0.3, -0.25) is 5.43 Å². The summed E-state index contributed by atoms with van der Waals surface area (Å²) in [7, 11) is 1.55. The number of benzene rings is 2. The highest BCUT2D eigenvalue weighted by Gasteiger charge is 2.10. The van der Waals surface area contributed by atoms with Gasteiger partial charge in [-0.05, 0) is 19.1 Å². The molecule has 0 radical (unpaired) electrons. The molecule has 0 spiro atoms. The van der Waals surface area contributed by atoms with Gasteiger partial charge in [-0.15, -0.1) is 11.3 Å². The van der Waals surface area contributed by atoms with Crippen LogP contribution in [-0.4, -0.2) is 18.3 Å². The number of anilines is 1. The Morgan fingerprint density at radius 1 is 1.20 bits per heavy atom. The number of thiazole rings is 1. The van der Waals surface area contributed by atoms with Crippen LogP contribution in [0.4, 0.5) is 5.13 Å². The molecule has 0 aliphatic heterocycles. The molecular weight excluding hydrogens is 377 g/mol. The van der Waals surface area contributed by atoms with Crippen LogP contribution in [0.15, 0.2) is 47.6 Å². The average Bonchev–Trinajstić information content (AvgIpc) is 2.96. The molecule has 0 atom stereocenters. The summed E-state index contributed by atoms with van der Waals surface area (Å²) < 4.78 is 5.29. The van der Waals surface area contributed by atoms with Crippen LogP contribution in [0.3, 0.4) is 0 Å². The summed E-state index contributed by atoms with van der Waals surface area (Å²) in [5, 5.41) is 5.89. The van der Waals surface area contributed by atoms with Crippen LogP contribution in [-0.2, 0) is 0 Å². The highest BCUT2D eigenvalue weighted by molar-refractivity contribution is 7.15. The second kappa shape index (κ2) is 7.87. The molecule has 0 saturated carbocycles. The third-order valence-corrected chi connectivity index (χ3v) is 4.82. The van der Waals surface area contributed by atoms with Gasteiger partial charge in [0.15, 0.2) is 0 Å². The van der Waals surface area contributed by atoms with Crippen molar-refractivity contribution < 1.29 is 4.74 Å². The number of aromatic nitrogens is 1. The third-order valence-electron chi connectivity index (χ3n) is 3.45. The predicted octanol–water partition coefficient (Wildman–Crippen LogP) is 5.88. The number of halogens is 2. The van der Waals surface area contributed by atoms with Crippen molar-refractivity contribution in [1.29, 1.82) is 0 Å². The first kappa shape index (κ1) is 17.7. The van der Waals surface area contributed by atoms with E-state index in [1.165, 1.54) is 0 Å². The molecule has 3 rings (SSSR count). The summed E-state index contributed by atoms with van der Waals surface area (Å²) in [4.78, 5) is 5.72. The average molecular weight is 392 g/mol. The topological polar surface area (TPSA) is 46.5 Å². The van der Waals surface area contributed by atoms with E-state index in [1.54, 1.807) is 36.8 Å². The van der Waals surface area contributed by atoms with Gasteiger partial charge in [-0.25, -0.2) is 4.98 Å². The van der Waals surface area contributed by atoms with Crippen molar-refractivity contribution in [3.8, 4) is 17.0 Å². The van der Waals surface area contributed by atoms with Crippen LogP contribution in [0.1, 0.15) is 10.4 Å². The lowest BCUT2D eigenvalue weighted by atomic mass is 10.1. The summed E-state index contributed by atoms with van der Waals surface area (Å²) in [5.74, 6) is 0.525. The molecule has 0 bridgehead atoms. The zero-order valence-corrected chi connectivity index (χ0v) is 15.9. The largest absolute Gasteiger partial charge is 0.495 e. The molecule has 1 aromatic heterocycles. The quantitative estimate of drug-likeness (QED) is 0.436. The lowest BCUT2D eigenvalue weighted by molar-refractivity contribution is 0.414. The van der Waals surface area contributed by atoms with Gasteiger partial charge >= 0.3 is 0 Å². The van der Waals surface area contributed by atoms with Crippen molar-refractivity contribution in [2.24, 2.45) is 5.10 Å². The van der Waals surface area contributed by atoms with Gasteiger partial charge in [0.25, 0.3) is 0 Å². The molecule has 1 N–H and O–H groups in total. The Kier molecular flexibility index (Phi) is 5.58. The maximum Gasteiger partial charge on any atom is 0.204 e. The Morgan fingerprint density at radius 3 is 2.68 bits per heavy atom. The number of ether oxygens (including phenoxy) is 1. The fourth-order valence-electron chi connectivity index (χ4n) is 2.36. The monoisotopic (exact) mass is 391 g/mol. The van der Waals surface area contributed by atoms with E-state index in [0.29, 0.717) is 26.5 Å². The zero-order valence-electron chi connectivity index (χ0n) is 13.6. The van der Waals surface area contributed by atoms with Crippen LogP contribution in [0.25, 0.3) is 11.3 Å². The molecule has 3 aromatic rings.